The highest BCUT2D eigenvalue weighted by Crippen LogP contribution is 2.24. The van der Waals surface area contributed by atoms with Crippen LogP contribution in [0, 0.1) is 0 Å². The number of H-pyrrole nitrogens is 1. The molecular weight excluding hydrogens is 268 g/mol. The normalized spacial score (nSPS) is 12.4. The molecule has 2 rings (SSSR count). The van der Waals surface area contributed by atoms with Gasteiger partial charge in [-0.1, -0.05) is 24.3 Å². The Balaban J connectivity index is 2.28. The molecule has 1 N–H and O–H groups in total. The van der Waals surface area contributed by atoms with Crippen LogP contribution in [0.2, 0.25) is 0 Å². The van der Waals surface area contributed by atoms with Gasteiger partial charge in [0.15, 0.2) is 5.69 Å². The number of hydrogen-bond donors (Lipinski definition) is 1. The maximum atomic E-state index is 11.8. The number of hydrogen-bond acceptors (Lipinski definition) is 5. The van der Waals surface area contributed by atoms with Gasteiger partial charge in [0.1, 0.15) is 5.69 Å². The van der Waals surface area contributed by atoms with E-state index in [0.717, 1.165) is 5.56 Å². The van der Waals surface area contributed by atoms with Gasteiger partial charge < -0.3 is 9.64 Å². The number of aromatic amines is 1. The zero-order valence-corrected chi connectivity index (χ0v) is 12.8. The first-order valence-corrected chi connectivity index (χ1v) is 6.89. The van der Waals surface area contributed by atoms with E-state index in [1.54, 1.807) is 6.92 Å². The molecule has 112 valence electrons. The first kappa shape index (κ1) is 15.2. The second-order valence-corrected chi connectivity index (χ2v) is 5.00. The average Bonchev–Trinajstić information content (AvgIpc) is 2.96. The van der Waals surface area contributed by atoms with E-state index in [0.29, 0.717) is 18.3 Å². The van der Waals surface area contributed by atoms with Gasteiger partial charge in [0.05, 0.1) is 6.61 Å². The van der Waals surface area contributed by atoms with Crippen LogP contribution in [-0.2, 0) is 4.74 Å². The molecule has 2 aromatic rings. The van der Waals surface area contributed by atoms with Crippen LogP contribution in [-0.4, -0.2) is 47.0 Å². The lowest BCUT2D eigenvalue weighted by atomic mass is 10.0. The molecule has 6 heteroatoms. The molecule has 1 aromatic heterocycles. The molecule has 0 fully saturated rings. The number of benzene rings is 1. The Hall–Kier alpha value is -2.21. The summed E-state index contributed by atoms with van der Waals surface area (Å²) in [7, 11) is 4.07. The molecule has 0 aliphatic carbocycles. The second-order valence-electron chi connectivity index (χ2n) is 5.00. The van der Waals surface area contributed by atoms with E-state index in [2.05, 4.69) is 27.2 Å². The molecule has 0 saturated heterocycles. The minimum atomic E-state index is -0.466. The third kappa shape index (κ3) is 3.28. The second kappa shape index (κ2) is 6.49. The van der Waals surface area contributed by atoms with Gasteiger partial charge in [0.25, 0.3) is 0 Å². The Labute approximate surface area is 124 Å². The Morgan fingerprint density at radius 2 is 1.95 bits per heavy atom. The molecule has 0 aliphatic heterocycles. The molecule has 1 unspecified atom stereocenters. The summed E-state index contributed by atoms with van der Waals surface area (Å²) >= 11 is 0. The maximum absolute atomic E-state index is 11.8. The first-order valence-electron chi connectivity index (χ1n) is 6.89. The van der Waals surface area contributed by atoms with Gasteiger partial charge in [0.2, 0.25) is 0 Å². The molecule has 1 heterocycles. The van der Waals surface area contributed by atoms with Crippen LogP contribution in [0.15, 0.2) is 24.3 Å². The lowest BCUT2D eigenvalue weighted by Crippen LogP contribution is -2.16. The van der Waals surface area contributed by atoms with Crippen molar-refractivity contribution < 1.29 is 9.53 Å². The molecule has 0 spiro atoms. The summed E-state index contributed by atoms with van der Waals surface area (Å²) in [5.74, 6) is -0.466. The van der Waals surface area contributed by atoms with Crippen molar-refractivity contribution in [2.75, 3.05) is 20.7 Å². The van der Waals surface area contributed by atoms with E-state index in [1.165, 1.54) is 5.56 Å². The van der Waals surface area contributed by atoms with Crippen LogP contribution in [0.5, 0.6) is 0 Å². The topological polar surface area (TPSA) is 71.1 Å². The molecule has 6 nitrogen and oxygen atoms in total. The molecule has 0 saturated carbocycles. The van der Waals surface area contributed by atoms with E-state index in [1.807, 2.05) is 38.4 Å². The van der Waals surface area contributed by atoms with Gasteiger partial charge in [-0.15, -0.1) is 5.10 Å². The summed E-state index contributed by atoms with van der Waals surface area (Å²) in [6, 6.07) is 8.26. The van der Waals surface area contributed by atoms with Gasteiger partial charge in [-0.3, -0.25) is 0 Å². The zero-order valence-electron chi connectivity index (χ0n) is 12.8. The highest BCUT2D eigenvalue weighted by Gasteiger charge is 2.19. The molecule has 21 heavy (non-hydrogen) atoms. The van der Waals surface area contributed by atoms with Crippen LogP contribution < -0.4 is 0 Å². The number of rotatable bonds is 5. The molecular formula is C15H20N4O2. The van der Waals surface area contributed by atoms with Crippen molar-refractivity contribution in [2.45, 2.75) is 19.9 Å². The van der Waals surface area contributed by atoms with Crippen LogP contribution >= 0.6 is 0 Å². The standard InChI is InChI=1S/C15H20N4O2/c1-5-21-15(20)14-13(16-18-17-14)12-8-6-11(7-9-12)10(2)19(3)4/h6-10H,5H2,1-4H3,(H,16,17,18). The zero-order chi connectivity index (χ0) is 15.4. The average molecular weight is 288 g/mol. The smallest absolute Gasteiger partial charge is 0.361 e. The monoisotopic (exact) mass is 288 g/mol. The number of carbonyl (C=O) groups is 1. The Kier molecular flexibility index (Phi) is 4.70. The van der Waals surface area contributed by atoms with E-state index in [-0.39, 0.29) is 5.69 Å². The number of ether oxygens (including phenoxy) is 1. The maximum Gasteiger partial charge on any atom is 0.361 e. The number of esters is 1. The van der Waals surface area contributed by atoms with Crippen molar-refractivity contribution in [3.63, 3.8) is 0 Å². The van der Waals surface area contributed by atoms with Crippen molar-refractivity contribution in [1.82, 2.24) is 20.3 Å². The van der Waals surface area contributed by atoms with Crippen molar-refractivity contribution in [1.29, 1.82) is 0 Å². The largest absolute Gasteiger partial charge is 0.461 e. The fourth-order valence-corrected chi connectivity index (χ4v) is 1.99. The number of aromatic nitrogens is 3. The predicted molar refractivity (Wildman–Crippen MR) is 79.9 cm³/mol. The van der Waals surface area contributed by atoms with E-state index < -0.39 is 5.97 Å². The number of nitrogens with one attached hydrogen (secondary N) is 1. The third-order valence-electron chi connectivity index (χ3n) is 3.46. The Morgan fingerprint density at radius 3 is 2.52 bits per heavy atom. The van der Waals surface area contributed by atoms with Crippen LogP contribution in [0.4, 0.5) is 0 Å². The minimum Gasteiger partial charge on any atom is -0.461 e. The summed E-state index contributed by atoms with van der Waals surface area (Å²) in [6.45, 7) is 4.20. The molecule has 0 amide bonds. The number of nitrogens with zero attached hydrogens (tertiary/aromatic N) is 3. The van der Waals surface area contributed by atoms with Crippen molar-refractivity contribution in [3.8, 4) is 11.3 Å². The molecule has 0 bridgehead atoms. The summed E-state index contributed by atoms with van der Waals surface area (Å²) in [5.41, 5.74) is 2.76. The molecule has 0 radical (unpaired) electrons. The lowest BCUT2D eigenvalue weighted by molar-refractivity contribution is 0.0520. The highest BCUT2D eigenvalue weighted by atomic mass is 16.5. The molecule has 1 atom stereocenters. The van der Waals surface area contributed by atoms with Crippen LogP contribution in [0.1, 0.15) is 35.9 Å². The predicted octanol–water partition coefficient (Wildman–Crippen LogP) is 2.27. The Morgan fingerprint density at radius 1 is 1.29 bits per heavy atom. The van der Waals surface area contributed by atoms with E-state index in [4.69, 9.17) is 4.74 Å². The summed E-state index contributed by atoms with van der Waals surface area (Å²) in [6.07, 6.45) is 0. The molecule has 1 aromatic carbocycles. The van der Waals surface area contributed by atoms with Gasteiger partial charge in [-0.25, -0.2) is 4.79 Å². The summed E-state index contributed by atoms with van der Waals surface area (Å²) < 4.78 is 4.97. The van der Waals surface area contributed by atoms with Gasteiger partial charge >= 0.3 is 5.97 Å². The SMILES string of the molecule is CCOC(=O)c1n[nH]nc1-c1ccc(C(C)N(C)C)cc1. The fourth-order valence-electron chi connectivity index (χ4n) is 1.99. The number of carbonyl (C=O) groups excluding carboxylic acids is 1. The third-order valence-corrected chi connectivity index (χ3v) is 3.46. The van der Waals surface area contributed by atoms with Crippen molar-refractivity contribution in [3.05, 3.63) is 35.5 Å². The Bertz CT molecular complexity index is 604. The first-order chi connectivity index (χ1) is 10.0. The van der Waals surface area contributed by atoms with Crippen molar-refractivity contribution >= 4 is 5.97 Å². The van der Waals surface area contributed by atoms with Gasteiger partial charge in [-0.05, 0) is 33.5 Å². The fraction of sp³-hybridized carbons (Fsp3) is 0.400. The summed E-state index contributed by atoms with van der Waals surface area (Å²) in [4.78, 5) is 13.9. The van der Waals surface area contributed by atoms with E-state index >= 15 is 0 Å². The van der Waals surface area contributed by atoms with Crippen molar-refractivity contribution in [2.24, 2.45) is 0 Å². The van der Waals surface area contributed by atoms with Crippen LogP contribution in [0.25, 0.3) is 11.3 Å². The van der Waals surface area contributed by atoms with Gasteiger partial charge in [-0.2, -0.15) is 10.3 Å². The van der Waals surface area contributed by atoms with E-state index in [9.17, 15) is 4.79 Å². The minimum absolute atomic E-state index is 0.213. The van der Waals surface area contributed by atoms with Crippen LogP contribution in [0.3, 0.4) is 0 Å². The quantitative estimate of drug-likeness (QED) is 0.855. The molecule has 0 aliphatic rings. The highest BCUT2D eigenvalue weighted by molar-refractivity contribution is 5.93. The summed E-state index contributed by atoms with van der Waals surface area (Å²) in [5, 5.41) is 10.4. The van der Waals surface area contributed by atoms with Gasteiger partial charge in [0, 0.05) is 11.6 Å². The lowest BCUT2D eigenvalue weighted by Gasteiger charge is -2.20.